The van der Waals surface area contributed by atoms with Gasteiger partial charge in [0.05, 0.1) is 7.11 Å². The van der Waals surface area contributed by atoms with E-state index in [4.69, 9.17) is 17.0 Å². The fourth-order valence-electron chi connectivity index (χ4n) is 1.75. The Kier molecular flexibility index (Phi) is 3.34. The Labute approximate surface area is 111 Å². The van der Waals surface area contributed by atoms with Crippen molar-refractivity contribution in [3.8, 4) is 5.75 Å². The molecule has 0 bridgehead atoms. The van der Waals surface area contributed by atoms with Crippen molar-refractivity contribution in [2.24, 2.45) is 0 Å². The first kappa shape index (κ1) is 12.6. The highest BCUT2D eigenvalue weighted by Gasteiger charge is 2.32. The number of benzene rings is 1. The predicted octanol–water partition coefficient (Wildman–Crippen LogP) is 1.72. The van der Waals surface area contributed by atoms with E-state index < -0.39 is 0 Å². The van der Waals surface area contributed by atoms with Crippen LogP contribution in [0.3, 0.4) is 0 Å². The Hall–Kier alpha value is -1.88. The molecule has 1 heterocycles. The van der Waals surface area contributed by atoms with Crippen LogP contribution in [0.25, 0.3) is 6.08 Å². The lowest BCUT2D eigenvalue weighted by Gasteiger charge is -2.11. The number of thiocarbonyl (C=S) groups is 1. The molecular formula is C13H14N2O2S. The minimum absolute atomic E-state index is 0.0849. The van der Waals surface area contributed by atoms with Gasteiger partial charge in [0, 0.05) is 14.1 Å². The summed E-state index contributed by atoms with van der Waals surface area (Å²) in [6.45, 7) is 0. The highest BCUT2D eigenvalue weighted by atomic mass is 32.1. The number of likely N-dealkylation sites (N-methyl/N-ethyl adjacent to an activating group) is 2. The van der Waals surface area contributed by atoms with Crippen molar-refractivity contribution in [3.05, 3.63) is 35.5 Å². The fourth-order valence-corrected chi connectivity index (χ4v) is 1.93. The molecule has 1 aromatic carbocycles. The summed E-state index contributed by atoms with van der Waals surface area (Å²) < 4.78 is 5.09. The average Bonchev–Trinajstić information content (AvgIpc) is 2.57. The predicted molar refractivity (Wildman–Crippen MR) is 74.1 cm³/mol. The van der Waals surface area contributed by atoms with Crippen molar-refractivity contribution in [1.29, 1.82) is 0 Å². The van der Waals surface area contributed by atoms with Crippen LogP contribution in [-0.4, -0.2) is 42.0 Å². The zero-order valence-electron chi connectivity index (χ0n) is 10.5. The zero-order chi connectivity index (χ0) is 13.3. The van der Waals surface area contributed by atoms with E-state index in [1.165, 1.54) is 4.90 Å². The molecule has 0 unspecified atom stereocenters. The summed E-state index contributed by atoms with van der Waals surface area (Å²) in [4.78, 5) is 15.1. The number of amides is 1. The van der Waals surface area contributed by atoms with Gasteiger partial charge < -0.3 is 9.64 Å². The van der Waals surface area contributed by atoms with E-state index in [-0.39, 0.29) is 5.91 Å². The Bertz CT molecular complexity index is 522. The van der Waals surface area contributed by atoms with Crippen LogP contribution < -0.4 is 4.74 Å². The van der Waals surface area contributed by atoms with Crippen molar-refractivity contribution < 1.29 is 9.53 Å². The molecule has 1 amide bonds. The first-order chi connectivity index (χ1) is 8.54. The summed E-state index contributed by atoms with van der Waals surface area (Å²) in [5.74, 6) is 0.703. The molecule has 1 aromatic rings. The Morgan fingerprint density at radius 2 is 1.78 bits per heavy atom. The Morgan fingerprint density at radius 1 is 1.17 bits per heavy atom. The maximum absolute atomic E-state index is 12.0. The molecule has 1 saturated heterocycles. The van der Waals surface area contributed by atoms with Crippen molar-refractivity contribution in [3.63, 3.8) is 0 Å². The third-order valence-electron chi connectivity index (χ3n) is 2.88. The molecule has 0 atom stereocenters. The van der Waals surface area contributed by atoms with Crippen LogP contribution in [0.5, 0.6) is 5.75 Å². The maximum atomic E-state index is 12.0. The molecule has 0 saturated carbocycles. The van der Waals surface area contributed by atoms with Crippen LogP contribution in [-0.2, 0) is 4.79 Å². The normalized spacial score (nSPS) is 17.8. The molecule has 2 rings (SSSR count). The molecule has 1 aliphatic rings. The minimum Gasteiger partial charge on any atom is -0.497 e. The second-order valence-electron chi connectivity index (χ2n) is 4.01. The molecule has 0 aliphatic carbocycles. The largest absolute Gasteiger partial charge is 0.497 e. The summed E-state index contributed by atoms with van der Waals surface area (Å²) >= 11 is 5.14. The maximum Gasteiger partial charge on any atom is 0.276 e. The molecule has 0 spiro atoms. The van der Waals surface area contributed by atoms with Crippen molar-refractivity contribution in [2.75, 3.05) is 21.2 Å². The van der Waals surface area contributed by atoms with E-state index >= 15 is 0 Å². The molecule has 1 fully saturated rings. The first-order valence-electron chi connectivity index (χ1n) is 5.46. The number of nitrogens with zero attached hydrogens (tertiary/aromatic N) is 2. The summed E-state index contributed by atoms with van der Waals surface area (Å²) in [6, 6.07) is 7.50. The number of carbonyl (C=O) groups excluding carboxylic acids is 1. The lowest BCUT2D eigenvalue weighted by atomic mass is 10.2. The Morgan fingerprint density at radius 3 is 2.22 bits per heavy atom. The van der Waals surface area contributed by atoms with Crippen LogP contribution in [0.2, 0.25) is 0 Å². The number of ether oxygens (including phenoxy) is 1. The summed E-state index contributed by atoms with van der Waals surface area (Å²) in [5, 5.41) is 0.514. The van der Waals surface area contributed by atoms with Crippen LogP contribution in [0.4, 0.5) is 0 Å². The van der Waals surface area contributed by atoms with E-state index in [9.17, 15) is 4.79 Å². The lowest BCUT2D eigenvalue weighted by Crippen LogP contribution is -2.26. The van der Waals surface area contributed by atoms with Gasteiger partial charge in [-0.2, -0.15) is 0 Å². The second kappa shape index (κ2) is 4.78. The van der Waals surface area contributed by atoms with Crippen LogP contribution in [0.15, 0.2) is 30.0 Å². The van der Waals surface area contributed by atoms with Gasteiger partial charge in [0.2, 0.25) is 0 Å². The summed E-state index contributed by atoms with van der Waals surface area (Å²) in [5.41, 5.74) is 1.51. The number of hydrogen-bond donors (Lipinski definition) is 0. The van der Waals surface area contributed by atoms with E-state index in [2.05, 4.69) is 0 Å². The van der Waals surface area contributed by atoms with Gasteiger partial charge in [-0.3, -0.25) is 9.69 Å². The monoisotopic (exact) mass is 262 g/mol. The number of hydrogen-bond acceptors (Lipinski definition) is 3. The van der Waals surface area contributed by atoms with Crippen molar-refractivity contribution in [1.82, 2.24) is 9.80 Å². The number of methoxy groups -OCH3 is 1. The highest BCUT2D eigenvalue weighted by Crippen LogP contribution is 2.21. The average molecular weight is 262 g/mol. The minimum atomic E-state index is -0.0849. The van der Waals surface area contributed by atoms with Crippen molar-refractivity contribution in [2.45, 2.75) is 0 Å². The fraction of sp³-hybridized carbons (Fsp3) is 0.231. The smallest absolute Gasteiger partial charge is 0.276 e. The molecule has 0 N–H and O–H groups in total. The molecule has 1 aliphatic heterocycles. The number of rotatable bonds is 2. The summed E-state index contributed by atoms with van der Waals surface area (Å²) in [6.07, 6.45) is 1.82. The molecule has 0 radical (unpaired) electrons. The van der Waals surface area contributed by atoms with Gasteiger partial charge in [0.1, 0.15) is 11.4 Å². The molecular weight excluding hydrogens is 248 g/mol. The SMILES string of the molecule is COc1ccc(C=C2C(=O)N(C)C(=S)N2C)cc1. The molecule has 4 nitrogen and oxygen atoms in total. The van der Waals surface area contributed by atoms with E-state index in [0.29, 0.717) is 10.8 Å². The van der Waals surface area contributed by atoms with Gasteiger partial charge in [-0.05, 0) is 36.0 Å². The topological polar surface area (TPSA) is 32.8 Å². The molecule has 94 valence electrons. The van der Waals surface area contributed by atoms with Gasteiger partial charge in [-0.1, -0.05) is 12.1 Å². The van der Waals surface area contributed by atoms with Crippen LogP contribution >= 0.6 is 12.2 Å². The van der Waals surface area contributed by atoms with E-state index in [0.717, 1.165) is 11.3 Å². The summed E-state index contributed by atoms with van der Waals surface area (Å²) in [7, 11) is 5.09. The quantitative estimate of drug-likeness (QED) is 0.600. The highest BCUT2D eigenvalue weighted by molar-refractivity contribution is 7.80. The van der Waals surface area contributed by atoms with Gasteiger partial charge in [0.15, 0.2) is 5.11 Å². The van der Waals surface area contributed by atoms with E-state index in [1.807, 2.05) is 30.3 Å². The molecule has 0 aromatic heterocycles. The Balaban J connectivity index is 2.32. The third kappa shape index (κ3) is 2.09. The standard InChI is InChI=1S/C13H14N2O2S/c1-14-11(12(16)15(2)13(14)18)8-9-4-6-10(17-3)7-5-9/h4-8H,1-3H3. The zero-order valence-corrected chi connectivity index (χ0v) is 11.3. The lowest BCUT2D eigenvalue weighted by molar-refractivity contribution is -0.121. The van der Waals surface area contributed by atoms with Crippen LogP contribution in [0.1, 0.15) is 5.56 Å². The first-order valence-corrected chi connectivity index (χ1v) is 5.87. The second-order valence-corrected chi connectivity index (χ2v) is 4.37. The van der Waals surface area contributed by atoms with Crippen molar-refractivity contribution >= 4 is 29.3 Å². The van der Waals surface area contributed by atoms with Gasteiger partial charge in [-0.15, -0.1) is 0 Å². The molecule has 18 heavy (non-hydrogen) atoms. The van der Waals surface area contributed by atoms with Gasteiger partial charge in [0.25, 0.3) is 5.91 Å². The van der Waals surface area contributed by atoms with E-state index in [1.54, 1.807) is 26.1 Å². The van der Waals surface area contributed by atoms with Gasteiger partial charge in [-0.25, -0.2) is 0 Å². The molecule has 5 heteroatoms. The van der Waals surface area contributed by atoms with Gasteiger partial charge >= 0.3 is 0 Å². The van der Waals surface area contributed by atoms with Crippen LogP contribution in [0, 0.1) is 0 Å². The third-order valence-corrected chi connectivity index (χ3v) is 3.43. The number of carbonyl (C=O) groups is 1.